The molecule has 0 unspecified atom stereocenters. The quantitative estimate of drug-likeness (QED) is 0.682. The number of nitrogens with one attached hydrogen (secondary N) is 1. The second-order valence-electron chi connectivity index (χ2n) is 7.36. The smallest absolute Gasteiger partial charge is 0.258 e. The van der Waals surface area contributed by atoms with Gasteiger partial charge < -0.3 is 10.1 Å². The molecule has 0 saturated carbocycles. The number of rotatable bonds is 9. The van der Waals surface area contributed by atoms with Crippen LogP contribution >= 0.6 is 0 Å². The van der Waals surface area contributed by atoms with E-state index in [4.69, 9.17) is 4.74 Å². The third-order valence-electron chi connectivity index (χ3n) is 5.01. The lowest BCUT2D eigenvalue weighted by Crippen LogP contribution is -2.36. The monoisotopic (exact) mass is 416 g/mol. The Morgan fingerprint density at radius 2 is 1.72 bits per heavy atom. The van der Waals surface area contributed by atoms with E-state index in [0.29, 0.717) is 18.8 Å². The maximum atomic E-state index is 12.5. The second kappa shape index (κ2) is 9.89. The number of benzene rings is 2. The average Bonchev–Trinajstić information content (AvgIpc) is 3.28. The normalized spacial score (nSPS) is 15.8. The van der Waals surface area contributed by atoms with Gasteiger partial charge in [0.2, 0.25) is 10.0 Å². The van der Waals surface area contributed by atoms with Crippen molar-refractivity contribution in [3.05, 3.63) is 60.2 Å². The molecule has 6 nitrogen and oxygen atoms in total. The molecule has 0 bridgehead atoms. The van der Waals surface area contributed by atoms with Crippen LogP contribution in [0.2, 0.25) is 0 Å². The summed E-state index contributed by atoms with van der Waals surface area (Å²) in [6.07, 6.45) is 3.55. The van der Waals surface area contributed by atoms with E-state index in [1.165, 1.54) is 22.0 Å². The first kappa shape index (κ1) is 21.3. The topological polar surface area (TPSA) is 75.7 Å². The van der Waals surface area contributed by atoms with E-state index < -0.39 is 10.0 Å². The van der Waals surface area contributed by atoms with Crippen LogP contribution < -0.4 is 10.1 Å². The molecule has 0 aromatic heterocycles. The van der Waals surface area contributed by atoms with E-state index in [9.17, 15) is 13.2 Å². The number of carbonyl (C=O) groups excluding carboxylic acids is 1. The second-order valence-corrected chi connectivity index (χ2v) is 9.30. The molecule has 7 heteroatoms. The first-order valence-corrected chi connectivity index (χ1v) is 11.5. The van der Waals surface area contributed by atoms with Crippen molar-refractivity contribution in [2.75, 3.05) is 19.7 Å². The van der Waals surface area contributed by atoms with Crippen molar-refractivity contribution in [2.24, 2.45) is 0 Å². The zero-order valence-corrected chi connectivity index (χ0v) is 17.5. The van der Waals surface area contributed by atoms with Gasteiger partial charge in [-0.3, -0.25) is 4.79 Å². The molecule has 0 spiro atoms. The van der Waals surface area contributed by atoms with E-state index in [0.717, 1.165) is 25.7 Å². The molecule has 29 heavy (non-hydrogen) atoms. The Morgan fingerprint density at radius 1 is 1.07 bits per heavy atom. The Hall–Kier alpha value is -2.38. The molecule has 1 heterocycles. The van der Waals surface area contributed by atoms with Gasteiger partial charge in [0.1, 0.15) is 5.75 Å². The summed E-state index contributed by atoms with van der Waals surface area (Å²) in [4.78, 5) is 12.4. The summed E-state index contributed by atoms with van der Waals surface area (Å²) in [5, 5.41) is 2.93. The number of carbonyl (C=O) groups is 1. The number of aryl methyl sites for hydroxylation is 1. The minimum absolute atomic E-state index is 0.0410. The van der Waals surface area contributed by atoms with Gasteiger partial charge in [-0.1, -0.05) is 30.3 Å². The molecule has 156 valence electrons. The fourth-order valence-electron chi connectivity index (χ4n) is 3.35. The molecular formula is C22H28N2O4S. The molecule has 2 aromatic carbocycles. The molecule has 0 radical (unpaired) electrons. The zero-order valence-electron chi connectivity index (χ0n) is 16.7. The highest BCUT2D eigenvalue weighted by molar-refractivity contribution is 7.89. The van der Waals surface area contributed by atoms with Gasteiger partial charge in [-0.2, -0.15) is 4.31 Å². The maximum absolute atomic E-state index is 12.5. The highest BCUT2D eigenvalue weighted by Crippen LogP contribution is 2.22. The number of ether oxygens (including phenoxy) is 1. The number of nitrogens with zero attached hydrogens (tertiary/aromatic N) is 1. The third-order valence-corrected chi connectivity index (χ3v) is 6.93. The van der Waals surface area contributed by atoms with Crippen molar-refractivity contribution < 1.29 is 17.9 Å². The minimum Gasteiger partial charge on any atom is -0.484 e. The molecule has 0 aliphatic carbocycles. The van der Waals surface area contributed by atoms with Gasteiger partial charge in [-0.25, -0.2) is 8.42 Å². The van der Waals surface area contributed by atoms with E-state index in [-0.39, 0.29) is 23.5 Å². The standard InChI is InChI=1S/C22H28N2O4S/c1-18(9-10-19-7-3-2-4-8-19)23-22(25)17-28-20-11-13-21(14-12-20)29(26,27)24-15-5-6-16-24/h2-4,7-8,11-14,18H,5-6,9-10,15-17H2,1H3,(H,23,25)/t18-/m0/s1. The number of sulfonamides is 1. The maximum Gasteiger partial charge on any atom is 0.258 e. The van der Waals surface area contributed by atoms with Crippen LogP contribution in [0.25, 0.3) is 0 Å². The average molecular weight is 417 g/mol. The van der Waals surface area contributed by atoms with Crippen molar-refractivity contribution in [1.82, 2.24) is 9.62 Å². The summed E-state index contributed by atoms with van der Waals surface area (Å²) in [6, 6.07) is 16.4. The van der Waals surface area contributed by atoms with Crippen LogP contribution in [0.3, 0.4) is 0 Å². The number of amides is 1. The summed E-state index contributed by atoms with van der Waals surface area (Å²) in [5.41, 5.74) is 1.24. The molecule has 3 rings (SSSR count). The van der Waals surface area contributed by atoms with Gasteiger partial charge in [0.15, 0.2) is 6.61 Å². The Balaban J connectivity index is 1.44. The predicted molar refractivity (Wildman–Crippen MR) is 112 cm³/mol. The Bertz CT molecular complexity index is 892. The lowest BCUT2D eigenvalue weighted by Gasteiger charge is -2.16. The molecule has 1 atom stereocenters. The van der Waals surface area contributed by atoms with Crippen molar-refractivity contribution in [3.63, 3.8) is 0 Å². The van der Waals surface area contributed by atoms with Gasteiger partial charge in [-0.15, -0.1) is 0 Å². The van der Waals surface area contributed by atoms with E-state index in [1.54, 1.807) is 12.1 Å². The van der Waals surface area contributed by atoms with E-state index in [1.807, 2.05) is 25.1 Å². The fraction of sp³-hybridized carbons (Fsp3) is 0.409. The van der Waals surface area contributed by atoms with Gasteiger partial charge in [0.25, 0.3) is 5.91 Å². The predicted octanol–water partition coefficient (Wildman–Crippen LogP) is 2.99. The Kier molecular flexibility index (Phi) is 7.28. The Labute approximate surface area is 172 Å². The van der Waals surface area contributed by atoms with Gasteiger partial charge in [0.05, 0.1) is 4.90 Å². The van der Waals surface area contributed by atoms with Crippen LogP contribution in [0.15, 0.2) is 59.5 Å². The van der Waals surface area contributed by atoms with Crippen molar-refractivity contribution in [1.29, 1.82) is 0 Å². The highest BCUT2D eigenvalue weighted by Gasteiger charge is 2.26. The van der Waals surface area contributed by atoms with E-state index >= 15 is 0 Å². The minimum atomic E-state index is -3.43. The zero-order chi connectivity index (χ0) is 20.7. The molecular weight excluding hydrogens is 388 g/mol. The summed E-state index contributed by atoms with van der Waals surface area (Å²) >= 11 is 0. The van der Waals surface area contributed by atoms with Gasteiger partial charge in [0, 0.05) is 19.1 Å². The van der Waals surface area contributed by atoms with Crippen molar-refractivity contribution in [3.8, 4) is 5.75 Å². The third kappa shape index (κ3) is 6.05. The van der Waals surface area contributed by atoms with Crippen molar-refractivity contribution >= 4 is 15.9 Å². The molecule has 1 amide bonds. The molecule has 1 aliphatic heterocycles. The van der Waals surface area contributed by atoms with Crippen LogP contribution in [0.1, 0.15) is 31.7 Å². The fourth-order valence-corrected chi connectivity index (χ4v) is 4.87. The Morgan fingerprint density at radius 3 is 2.38 bits per heavy atom. The molecule has 1 fully saturated rings. The SMILES string of the molecule is C[C@@H](CCc1ccccc1)NC(=O)COc1ccc(S(=O)(=O)N2CCCC2)cc1. The molecule has 1 aliphatic rings. The largest absolute Gasteiger partial charge is 0.484 e. The van der Waals surface area contributed by atoms with Crippen LogP contribution in [0.4, 0.5) is 0 Å². The van der Waals surface area contributed by atoms with Crippen molar-refractivity contribution in [2.45, 2.75) is 43.5 Å². The van der Waals surface area contributed by atoms with Gasteiger partial charge >= 0.3 is 0 Å². The number of hydrogen-bond acceptors (Lipinski definition) is 4. The summed E-state index contributed by atoms with van der Waals surface area (Å²) in [7, 11) is -3.43. The van der Waals surface area contributed by atoms with E-state index in [2.05, 4.69) is 17.4 Å². The van der Waals surface area contributed by atoms with Gasteiger partial charge in [-0.05, 0) is 62.4 Å². The lowest BCUT2D eigenvalue weighted by molar-refractivity contribution is -0.123. The number of hydrogen-bond donors (Lipinski definition) is 1. The summed E-state index contributed by atoms with van der Waals surface area (Å²) in [5.74, 6) is 0.275. The van der Waals surface area contributed by atoms with Crippen LogP contribution in [0.5, 0.6) is 5.75 Å². The first-order valence-electron chi connectivity index (χ1n) is 10.0. The van der Waals surface area contributed by atoms with Crippen LogP contribution in [0, 0.1) is 0 Å². The molecule has 2 aromatic rings. The molecule has 1 saturated heterocycles. The lowest BCUT2D eigenvalue weighted by atomic mass is 10.1. The van der Waals surface area contributed by atoms with Crippen LogP contribution in [-0.2, 0) is 21.2 Å². The highest BCUT2D eigenvalue weighted by atomic mass is 32.2. The van der Waals surface area contributed by atoms with Crippen LogP contribution in [-0.4, -0.2) is 44.4 Å². The summed E-state index contributed by atoms with van der Waals surface area (Å²) in [6.45, 7) is 3.01. The summed E-state index contributed by atoms with van der Waals surface area (Å²) < 4.78 is 32.0. The molecule has 1 N–H and O–H groups in total. The first-order chi connectivity index (χ1) is 13.9.